The largest absolute Gasteiger partial charge is 0.393 e. The van der Waals surface area contributed by atoms with Crippen molar-refractivity contribution in [1.82, 2.24) is 10.3 Å². The number of carbonyl (C=O) groups excluding carboxylic acids is 1. The first-order chi connectivity index (χ1) is 10.0. The molecule has 1 aromatic heterocycles. The van der Waals surface area contributed by atoms with E-state index in [4.69, 9.17) is 23.2 Å². The Labute approximate surface area is 133 Å². The van der Waals surface area contributed by atoms with Gasteiger partial charge in [-0.3, -0.25) is 9.78 Å². The summed E-state index contributed by atoms with van der Waals surface area (Å²) in [5.74, 6) is 0.787. The van der Waals surface area contributed by atoms with E-state index >= 15 is 0 Å². The molecule has 2 N–H and O–H groups in total. The molecule has 21 heavy (non-hydrogen) atoms. The number of aromatic nitrogens is 1. The monoisotopic (exact) mass is 328 g/mol. The molecule has 1 aromatic rings. The minimum absolute atomic E-state index is 0.0105. The van der Waals surface area contributed by atoms with Gasteiger partial charge in [0.05, 0.1) is 16.1 Å². The van der Waals surface area contributed by atoms with E-state index in [2.05, 4.69) is 10.3 Å². The van der Waals surface area contributed by atoms with E-state index in [1.165, 1.54) is 12.4 Å². The number of pyridine rings is 1. The highest BCUT2D eigenvalue weighted by Crippen LogP contribution is 2.44. The summed E-state index contributed by atoms with van der Waals surface area (Å²) in [6, 6.07) is 0.120. The van der Waals surface area contributed by atoms with Gasteiger partial charge in [-0.1, -0.05) is 23.2 Å². The molecule has 1 heterocycles. The van der Waals surface area contributed by atoms with Crippen molar-refractivity contribution in [3.05, 3.63) is 28.0 Å². The zero-order chi connectivity index (χ0) is 15.0. The van der Waals surface area contributed by atoms with Crippen LogP contribution in [0.2, 0.25) is 10.0 Å². The molecular weight excluding hydrogens is 311 g/mol. The summed E-state index contributed by atoms with van der Waals surface area (Å²) in [7, 11) is 0. The van der Waals surface area contributed by atoms with Crippen molar-refractivity contribution >= 4 is 29.1 Å². The number of fused-ring (bicyclic) bond motifs is 2. The molecule has 6 heteroatoms. The molecule has 0 aromatic carbocycles. The predicted octanol–water partition coefficient (Wildman–Crippen LogP) is 2.60. The van der Waals surface area contributed by atoms with Crippen LogP contribution < -0.4 is 5.32 Å². The van der Waals surface area contributed by atoms with Crippen LogP contribution in [0.3, 0.4) is 0 Å². The molecule has 2 fully saturated rings. The van der Waals surface area contributed by atoms with Gasteiger partial charge in [0.2, 0.25) is 5.91 Å². The smallest absolute Gasteiger partial charge is 0.220 e. The van der Waals surface area contributed by atoms with Crippen molar-refractivity contribution in [2.75, 3.05) is 0 Å². The van der Waals surface area contributed by atoms with Gasteiger partial charge < -0.3 is 10.4 Å². The number of aliphatic hydroxyl groups is 1. The van der Waals surface area contributed by atoms with Crippen molar-refractivity contribution in [2.45, 2.75) is 44.2 Å². The number of nitrogens with zero attached hydrogens (tertiary/aromatic N) is 1. The summed E-state index contributed by atoms with van der Waals surface area (Å²) in [6.07, 6.45) is 6.57. The van der Waals surface area contributed by atoms with Gasteiger partial charge in [-0.25, -0.2) is 0 Å². The van der Waals surface area contributed by atoms with Gasteiger partial charge in [0.1, 0.15) is 0 Å². The molecule has 0 saturated heterocycles. The lowest BCUT2D eigenvalue weighted by atomic mass is 9.92. The van der Waals surface area contributed by atoms with Crippen LogP contribution in [-0.2, 0) is 11.2 Å². The number of hydrogen-bond acceptors (Lipinski definition) is 3. The molecule has 0 aliphatic heterocycles. The van der Waals surface area contributed by atoms with Crippen LogP contribution in [0.15, 0.2) is 12.4 Å². The van der Waals surface area contributed by atoms with Crippen LogP contribution in [0, 0.1) is 11.8 Å². The molecular formula is C15H18Cl2N2O2. The second kappa shape index (κ2) is 6.11. The molecule has 2 aliphatic carbocycles. The second-order valence-corrected chi connectivity index (χ2v) is 6.87. The van der Waals surface area contributed by atoms with Crippen LogP contribution in [0.25, 0.3) is 0 Å². The minimum atomic E-state index is -0.252. The summed E-state index contributed by atoms with van der Waals surface area (Å²) >= 11 is 12.1. The number of carbonyl (C=O) groups is 1. The first-order valence-electron chi connectivity index (χ1n) is 7.30. The van der Waals surface area contributed by atoms with E-state index < -0.39 is 0 Å². The average molecular weight is 329 g/mol. The number of hydrogen-bond donors (Lipinski definition) is 2. The number of amides is 1. The Bertz CT molecular complexity index is 532. The van der Waals surface area contributed by atoms with Gasteiger partial charge in [-0.05, 0) is 37.2 Å². The van der Waals surface area contributed by atoms with E-state index in [-0.39, 0.29) is 24.0 Å². The lowest BCUT2D eigenvalue weighted by Crippen LogP contribution is -2.42. The number of rotatable bonds is 4. The molecule has 1 amide bonds. The Morgan fingerprint density at radius 1 is 1.29 bits per heavy atom. The maximum absolute atomic E-state index is 12.1. The first kappa shape index (κ1) is 15.1. The van der Waals surface area contributed by atoms with Crippen molar-refractivity contribution in [1.29, 1.82) is 0 Å². The Morgan fingerprint density at radius 3 is 2.62 bits per heavy atom. The quantitative estimate of drug-likeness (QED) is 0.893. The van der Waals surface area contributed by atoms with E-state index in [0.717, 1.165) is 24.8 Å². The fourth-order valence-electron chi connectivity index (χ4n) is 3.67. The topological polar surface area (TPSA) is 62.2 Å². The molecule has 0 radical (unpaired) electrons. The predicted molar refractivity (Wildman–Crippen MR) is 81.3 cm³/mol. The molecule has 2 saturated carbocycles. The number of aliphatic hydroxyl groups excluding tert-OH is 1. The molecule has 114 valence electrons. The van der Waals surface area contributed by atoms with E-state index in [1.54, 1.807) is 0 Å². The second-order valence-electron chi connectivity index (χ2n) is 6.06. The van der Waals surface area contributed by atoms with Gasteiger partial charge in [-0.2, -0.15) is 0 Å². The summed E-state index contributed by atoms with van der Waals surface area (Å²) in [4.78, 5) is 16.0. The standard InChI is InChI=1S/C15H18Cl2N2O2/c16-11-6-18-7-12(17)9(11)1-2-15(21)19-13-4-8-3-10(13)14(20)5-8/h6-8,10,13-14,20H,1-5H2,(H,19,21)/t8-,10+,13-,14+/m0/s1. The summed E-state index contributed by atoms with van der Waals surface area (Å²) < 4.78 is 0. The summed E-state index contributed by atoms with van der Waals surface area (Å²) in [5.41, 5.74) is 0.761. The number of halogens is 2. The third kappa shape index (κ3) is 3.17. The van der Waals surface area contributed by atoms with Gasteiger partial charge in [0.25, 0.3) is 0 Å². The van der Waals surface area contributed by atoms with Gasteiger partial charge in [0, 0.05) is 30.8 Å². The fourth-order valence-corrected chi connectivity index (χ4v) is 4.23. The molecule has 4 atom stereocenters. The Morgan fingerprint density at radius 2 is 2.00 bits per heavy atom. The zero-order valence-electron chi connectivity index (χ0n) is 11.6. The Hall–Kier alpha value is -0.840. The fraction of sp³-hybridized carbons (Fsp3) is 0.600. The molecule has 3 rings (SSSR count). The summed E-state index contributed by atoms with van der Waals surface area (Å²) in [5, 5.41) is 13.9. The highest BCUT2D eigenvalue weighted by atomic mass is 35.5. The van der Waals surface area contributed by atoms with Crippen LogP contribution in [0.5, 0.6) is 0 Å². The lowest BCUT2D eigenvalue weighted by molar-refractivity contribution is -0.122. The van der Waals surface area contributed by atoms with Crippen molar-refractivity contribution in [3.63, 3.8) is 0 Å². The maximum Gasteiger partial charge on any atom is 0.220 e. The van der Waals surface area contributed by atoms with Crippen LogP contribution >= 0.6 is 23.2 Å². The van der Waals surface area contributed by atoms with Crippen molar-refractivity contribution in [2.24, 2.45) is 11.8 Å². The van der Waals surface area contributed by atoms with Gasteiger partial charge in [-0.15, -0.1) is 0 Å². The highest BCUT2D eigenvalue weighted by Gasteiger charge is 2.45. The van der Waals surface area contributed by atoms with Crippen LogP contribution in [-0.4, -0.2) is 28.1 Å². The van der Waals surface area contributed by atoms with Crippen LogP contribution in [0.1, 0.15) is 31.2 Å². The van der Waals surface area contributed by atoms with E-state index in [9.17, 15) is 9.90 Å². The molecule has 2 bridgehead atoms. The zero-order valence-corrected chi connectivity index (χ0v) is 13.1. The third-order valence-electron chi connectivity index (χ3n) is 4.68. The summed E-state index contributed by atoms with van der Waals surface area (Å²) in [6.45, 7) is 0. The average Bonchev–Trinajstić information content (AvgIpc) is 2.96. The Kier molecular flexibility index (Phi) is 4.38. The maximum atomic E-state index is 12.1. The normalized spacial score (nSPS) is 30.6. The molecule has 0 spiro atoms. The van der Waals surface area contributed by atoms with Gasteiger partial charge >= 0.3 is 0 Å². The molecule has 4 nitrogen and oxygen atoms in total. The van der Waals surface area contributed by atoms with Crippen molar-refractivity contribution < 1.29 is 9.90 Å². The third-order valence-corrected chi connectivity index (χ3v) is 5.33. The highest BCUT2D eigenvalue weighted by molar-refractivity contribution is 6.35. The van der Waals surface area contributed by atoms with Gasteiger partial charge in [0.15, 0.2) is 0 Å². The number of nitrogens with one attached hydrogen (secondary N) is 1. The molecule has 2 aliphatic rings. The Balaban J connectivity index is 1.53. The van der Waals surface area contributed by atoms with E-state index in [1.807, 2.05) is 0 Å². The van der Waals surface area contributed by atoms with Crippen molar-refractivity contribution in [3.8, 4) is 0 Å². The van der Waals surface area contributed by atoms with Crippen LogP contribution in [0.4, 0.5) is 0 Å². The minimum Gasteiger partial charge on any atom is -0.393 e. The SMILES string of the molecule is O=C(CCc1c(Cl)cncc1Cl)N[C@H]1C[C@@H]2C[C@H]1[C@H](O)C2. The van der Waals surface area contributed by atoms with E-state index in [0.29, 0.717) is 28.8 Å². The first-order valence-corrected chi connectivity index (χ1v) is 8.05. The lowest BCUT2D eigenvalue weighted by Gasteiger charge is -2.27. The molecule has 0 unspecified atom stereocenters.